The number of nitrogens with zero attached hydrogens (tertiary/aromatic N) is 5. The molecule has 0 radical (unpaired) electrons. The van der Waals surface area contributed by atoms with Crippen LogP contribution >= 0.6 is 0 Å². The van der Waals surface area contributed by atoms with Gasteiger partial charge in [0.2, 0.25) is 5.82 Å². The zero-order valence-corrected chi connectivity index (χ0v) is 8.38. The van der Waals surface area contributed by atoms with Crippen LogP contribution in [0.1, 0.15) is 21.9 Å². The molecule has 0 atom stereocenters. The molecular weight excluding hydrogens is 194 g/mol. The van der Waals surface area contributed by atoms with Crippen LogP contribution in [0.25, 0.3) is 0 Å². The second-order valence-electron chi connectivity index (χ2n) is 3.10. The maximum atomic E-state index is 11.8. The second-order valence-corrected chi connectivity index (χ2v) is 3.10. The van der Waals surface area contributed by atoms with Crippen LogP contribution in [0.2, 0.25) is 0 Å². The highest BCUT2D eigenvalue weighted by molar-refractivity contribution is 6.05. The zero-order valence-electron chi connectivity index (χ0n) is 8.38. The maximum absolute atomic E-state index is 11.8. The number of hydrogen-bond acceptors (Lipinski definition) is 5. The first-order valence-corrected chi connectivity index (χ1v) is 4.39. The molecule has 6 nitrogen and oxygen atoms in total. The fourth-order valence-electron chi connectivity index (χ4n) is 1.20. The molecule has 0 N–H and O–H groups in total. The third kappa shape index (κ3) is 1.74. The van der Waals surface area contributed by atoms with Gasteiger partial charge in [0.1, 0.15) is 5.69 Å². The van der Waals surface area contributed by atoms with Gasteiger partial charge in [-0.2, -0.15) is 4.80 Å². The Morgan fingerprint density at radius 3 is 2.87 bits per heavy atom. The summed E-state index contributed by atoms with van der Waals surface area (Å²) >= 11 is 0. The van der Waals surface area contributed by atoms with E-state index < -0.39 is 0 Å². The summed E-state index contributed by atoms with van der Waals surface area (Å²) in [6.07, 6.45) is 1.57. The normalized spacial score (nSPS) is 10.3. The molecule has 2 rings (SSSR count). The van der Waals surface area contributed by atoms with E-state index in [0.29, 0.717) is 5.69 Å². The van der Waals surface area contributed by atoms with E-state index in [9.17, 15) is 4.79 Å². The summed E-state index contributed by atoms with van der Waals surface area (Å²) in [5.41, 5.74) is 1.17. The molecular formula is C9H9N5O. The van der Waals surface area contributed by atoms with Gasteiger partial charge in [0.25, 0.3) is 5.78 Å². The van der Waals surface area contributed by atoms with Gasteiger partial charge in [-0.1, -0.05) is 6.07 Å². The van der Waals surface area contributed by atoms with Crippen molar-refractivity contribution in [2.24, 2.45) is 7.05 Å². The number of hydrogen-bond donors (Lipinski definition) is 0. The molecule has 2 aromatic heterocycles. The second kappa shape index (κ2) is 3.56. The molecule has 6 heteroatoms. The van der Waals surface area contributed by atoms with Gasteiger partial charge in [0.15, 0.2) is 0 Å². The largest absolute Gasteiger partial charge is 0.283 e. The first-order valence-electron chi connectivity index (χ1n) is 4.39. The van der Waals surface area contributed by atoms with E-state index in [0.717, 1.165) is 5.56 Å². The number of pyridine rings is 1. The van der Waals surface area contributed by atoms with Crippen LogP contribution in [-0.2, 0) is 7.05 Å². The number of aryl methyl sites for hydroxylation is 2. The molecule has 0 aliphatic rings. The highest BCUT2D eigenvalue weighted by Gasteiger charge is 2.17. The number of carbonyl (C=O) groups excluding carboxylic acids is 1. The first-order chi connectivity index (χ1) is 7.18. The lowest BCUT2D eigenvalue weighted by molar-refractivity contribution is 0.102. The van der Waals surface area contributed by atoms with Gasteiger partial charge in [0, 0.05) is 6.20 Å². The Labute approximate surface area is 85.9 Å². The summed E-state index contributed by atoms with van der Waals surface area (Å²) in [6.45, 7) is 1.82. The Morgan fingerprint density at radius 2 is 2.27 bits per heavy atom. The van der Waals surface area contributed by atoms with Crippen LogP contribution in [0.4, 0.5) is 0 Å². The molecule has 76 valence electrons. The van der Waals surface area contributed by atoms with E-state index in [-0.39, 0.29) is 11.6 Å². The van der Waals surface area contributed by atoms with Crippen LogP contribution in [0.3, 0.4) is 0 Å². The Balaban J connectivity index is 2.41. The van der Waals surface area contributed by atoms with Gasteiger partial charge in [-0.15, -0.1) is 10.2 Å². The molecule has 0 fully saturated rings. The van der Waals surface area contributed by atoms with E-state index in [1.54, 1.807) is 19.3 Å². The Bertz CT molecular complexity index is 505. The molecule has 0 aliphatic carbocycles. The lowest BCUT2D eigenvalue weighted by Gasteiger charge is -1.98. The Kier molecular flexibility index (Phi) is 2.24. The molecule has 2 heterocycles. The predicted octanol–water partition coefficient (Wildman–Crippen LogP) is 0.145. The summed E-state index contributed by atoms with van der Waals surface area (Å²) in [4.78, 5) is 17.1. The molecule has 15 heavy (non-hydrogen) atoms. The molecule has 0 aliphatic heterocycles. The third-order valence-electron chi connectivity index (χ3n) is 1.94. The Hall–Kier alpha value is -2.11. The standard InChI is InChI=1S/C9H9N5O/c1-6-4-3-5-10-7(6)8(15)9-11-13-14(2)12-9/h3-5H,1-2H3. The Morgan fingerprint density at radius 1 is 1.47 bits per heavy atom. The van der Waals surface area contributed by atoms with Crippen molar-refractivity contribution in [3.63, 3.8) is 0 Å². The summed E-state index contributed by atoms with van der Waals surface area (Å²) in [5.74, 6) is -0.236. The topological polar surface area (TPSA) is 73.6 Å². The van der Waals surface area contributed by atoms with Crippen molar-refractivity contribution in [1.29, 1.82) is 0 Å². The molecule has 0 saturated carbocycles. The van der Waals surface area contributed by atoms with Gasteiger partial charge < -0.3 is 0 Å². The number of aromatic nitrogens is 5. The smallest absolute Gasteiger partial charge is 0.252 e. The number of tetrazole rings is 1. The van der Waals surface area contributed by atoms with E-state index >= 15 is 0 Å². The van der Waals surface area contributed by atoms with E-state index in [4.69, 9.17) is 0 Å². The quantitative estimate of drug-likeness (QED) is 0.649. The maximum Gasteiger partial charge on any atom is 0.252 e. The number of rotatable bonds is 2. The van der Waals surface area contributed by atoms with E-state index in [1.807, 2.05) is 13.0 Å². The lowest BCUT2D eigenvalue weighted by Crippen LogP contribution is -2.08. The van der Waals surface area contributed by atoms with Crippen molar-refractivity contribution < 1.29 is 4.79 Å². The summed E-state index contributed by atoms with van der Waals surface area (Å²) in [5, 5.41) is 11.1. The third-order valence-corrected chi connectivity index (χ3v) is 1.94. The van der Waals surface area contributed by atoms with Crippen molar-refractivity contribution in [3.05, 3.63) is 35.4 Å². The van der Waals surface area contributed by atoms with Crippen LogP contribution in [0.15, 0.2) is 18.3 Å². The lowest BCUT2D eigenvalue weighted by atomic mass is 10.1. The van der Waals surface area contributed by atoms with Gasteiger partial charge in [-0.25, -0.2) is 0 Å². The van der Waals surface area contributed by atoms with Gasteiger partial charge >= 0.3 is 0 Å². The average molecular weight is 203 g/mol. The van der Waals surface area contributed by atoms with Crippen molar-refractivity contribution in [2.75, 3.05) is 0 Å². The highest BCUT2D eigenvalue weighted by Crippen LogP contribution is 2.06. The average Bonchev–Trinajstić information content (AvgIpc) is 2.65. The molecule has 0 saturated heterocycles. The first kappa shape index (κ1) is 9.45. The van der Waals surface area contributed by atoms with Crippen molar-refractivity contribution in [2.45, 2.75) is 6.92 Å². The molecule has 0 amide bonds. The van der Waals surface area contributed by atoms with Gasteiger partial charge in [0.05, 0.1) is 7.05 Å². The fraction of sp³-hybridized carbons (Fsp3) is 0.222. The SMILES string of the molecule is Cc1cccnc1C(=O)c1nnn(C)n1. The van der Waals surface area contributed by atoms with Crippen molar-refractivity contribution >= 4 is 5.78 Å². The van der Waals surface area contributed by atoms with E-state index in [1.165, 1.54) is 4.80 Å². The summed E-state index contributed by atoms with van der Waals surface area (Å²) in [6, 6.07) is 3.59. The predicted molar refractivity (Wildman–Crippen MR) is 51.2 cm³/mol. The van der Waals surface area contributed by atoms with Crippen LogP contribution < -0.4 is 0 Å². The van der Waals surface area contributed by atoms with Gasteiger partial charge in [-0.3, -0.25) is 9.78 Å². The minimum Gasteiger partial charge on any atom is -0.283 e. The number of ketones is 1. The summed E-state index contributed by atoms with van der Waals surface area (Å²) < 4.78 is 0. The minimum absolute atomic E-state index is 0.0688. The number of carbonyl (C=O) groups is 1. The minimum atomic E-state index is -0.304. The van der Waals surface area contributed by atoms with Crippen LogP contribution in [-0.4, -0.2) is 31.0 Å². The van der Waals surface area contributed by atoms with Crippen LogP contribution in [0, 0.1) is 6.92 Å². The molecule has 0 aromatic carbocycles. The monoisotopic (exact) mass is 203 g/mol. The van der Waals surface area contributed by atoms with Crippen molar-refractivity contribution in [1.82, 2.24) is 25.2 Å². The molecule has 2 aromatic rings. The van der Waals surface area contributed by atoms with Gasteiger partial charge in [-0.05, 0) is 23.8 Å². The fourth-order valence-corrected chi connectivity index (χ4v) is 1.20. The highest BCUT2D eigenvalue weighted by atomic mass is 16.1. The zero-order chi connectivity index (χ0) is 10.8. The van der Waals surface area contributed by atoms with Crippen LogP contribution in [0.5, 0.6) is 0 Å². The summed E-state index contributed by atoms with van der Waals surface area (Å²) in [7, 11) is 1.61. The molecule has 0 spiro atoms. The van der Waals surface area contributed by atoms with Crippen molar-refractivity contribution in [3.8, 4) is 0 Å². The molecule has 0 bridgehead atoms. The van der Waals surface area contributed by atoms with E-state index in [2.05, 4.69) is 20.4 Å². The molecule has 0 unspecified atom stereocenters.